The van der Waals surface area contributed by atoms with Crippen LogP contribution in [0.4, 0.5) is 17.1 Å². The van der Waals surface area contributed by atoms with E-state index in [0.717, 1.165) is 52.5 Å². The zero-order valence-corrected chi connectivity index (χ0v) is 18.1. The first-order valence-electron chi connectivity index (χ1n) is 10.4. The Morgan fingerprint density at radius 1 is 1.29 bits per heavy atom. The Morgan fingerprint density at radius 3 is 2.84 bits per heavy atom. The summed E-state index contributed by atoms with van der Waals surface area (Å²) < 4.78 is 6.35. The predicted molar refractivity (Wildman–Crippen MR) is 125 cm³/mol. The highest BCUT2D eigenvalue weighted by atomic mass is 16.5. The molecule has 1 aromatic heterocycles. The maximum absolute atomic E-state index is 12.2. The van der Waals surface area contributed by atoms with Gasteiger partial charge in [-0.1, -0.05) is 0 Å². The van der Waals surface area contributed by atoms with Gasteiger partial charge in [-0.05, 0) is 50.7 Å². The summed E-state index contributed by atoms with van der Waals surface area (Å²) in [6.45, 7) is 4.73. The lowest BCUT2D eigenvalue weighted by atomic mass is 9.86. The lowest BCUT2D eigenvalue weighted by molar-refractivity contribution is -0.117. The van der Waals surface area contributed by atoms with E-state index in [0.29, 0.717) is 6.42 Å². The van der Waals surface area contributed by atoms with E-state index in [1.165, 1.54) is 6.20 Å². The van der Waals surface area contributed by atoms with Crippen molar-refractivity contribution in [1.29, 1.82) is 0 Å². The first kappa shape index (κ1) is 20.7. The molecule has 0 atom stereocenters. The number of nitrogens with zero attached hydrogens (tertiary/aromatic N) is 3. The second-order valence-electron chi connectivity index (χ2n) is 8.07. The summed E-state index contributed by atoms with van der Waals surface area (Å²) in [5.74, 6) is 0.871. The molecule has 0 spiro atoms. The summed E-state index contributed by atoms with van der Waals surface area (Å²) in [6.07, 6.45) is 10.1. The van der Waals surface area contributed by atoms with Crippen molar-refractivity contribution in [3.8, 4) is 5.75 Å². The Hall–Kier alpha value is -3.61. The number of aromatic nitrogens is 1. The van der Waals surface area contributed by atoms with Gasteiger partial charge in [0.05, 0.1) is 23.8 Å². The van der Waals surface area contributed by atoms with Crippen LogP contribution in [0.1, 0.15) is 32.3 Å². The Labute approximate surface area is 182 Å². The van der Waals surface area contributed by atoms with Crippen molar-refractivity contribution in [2.45, 2.75) is 32.3 Å². The van der Waals surface area contributed by atoms with Crippen molar-refractivity contribution < 1.29 is 9.53 Å². The topological polar surface area (TPSA) is 92.8 Å². The summed E-state index contributed by atoms with van der Waals surface area (Å²) in [5, 5.41) is 3.07. The number of carbonyl (C=O) groups is 1. The summed E-state index contributed by atoms with van der Waals surface area (Å²) in [6, 6.07) is 7.82. The predicted octanol–water partition coefficient (Wildman–Crippen LogP) is 4.05. The third-order valence-corrected chi connectivity index (χ3v) is 5.56. The van der Waals surface area contributed by atoms with Gasteiger partial charge in [0.15, 0.2) is 0 Å². The number of hydrogen-bond donors (Lipinski definition) is 2. The molecule has 2 aliphatic rings. The minimum absolute atomic E-state index is 0.149. The molecule has 0 radical (unpaired) electrons. The number of benzene rings is 1. The smallest absolute Gasteiger partial charge is 0.227 e. The van der Waals surface area contributed by atoms with Crippen LogP contribution in [0.2, 0.25) is 0 Å². The molecule has 1 amide bonds. The number of anilines is 2. The normalized spacial score (nSPS) is 18.0. The molecule has 3 heterocycles. The molecule has 31 heavy (non-hydrogen) atoms. The number of aliphatic imine (C=N–C) groups is 1. The highest BCUT2D eigenvalue weighted by Gasteiger charge is 2.34. The fourth-order valence-electron chi connectivity index (χ4n) is 4.01. The maximum Gasteiger partial charge on any atom is 0.227 e. The van der Waals surface area contributed by atoms with Gasteiger partial charge in [0, 0.05) is 54.7 Å². The summed E-state index contributed by atoms with van der Waals surface area (Å²) in [5.41, 5.74) is 10.4. The molecule has 7 nitrogen and oxygen atoms in total. The molecule has 7 heteroatoms. The Balaban J connectivity index is 1.80. The van der Waals surface area contributed by atoms with Gasteiger partial charge in [0.1, 0.15) is 11.4 Å². The standard InChI is InChI=1S/C24H27N5O2/c1-24(2)21(8-9-25)20(15-28-17-11-16(26-3)13-27-14-17)19-7-6-18(12-22(19)31-24)29-10-4-5-23(29)30/h6-9,11-15,26H,4-5,10,25H2,1-3H3/b9-8+,28-15?. The van der Waals surface area contributed by atoms with E-state index in [9.17, 15) is 4.79 Å². The Kier molecular flexibility index (Phi) is 5.50. The average Bonchev–Trinajstić information content (AvgIpc) is 3.19. The van der Waals surface area contributed by atoms with Crippen LogP contribution in [0, 0.1) is 0 Å². The highest BCUT2D eigenvalue weighted by Crippen LogP contribution is 2.43. The fourth-order valence-corrected chi connectivity index (χ4v) is 4.01. The lowest BCUT2D eigenvalue weighted by Gasteiger charge is -2.35. The summed E-state index contributed by atoms with van der Waals surface area (Å²) >= 11 is 0. The van der Waals surface area contributed by atoms with E-state index in [-0.39, 0.29) is 5.91 Å². The zero-order valence-electron chi connectivity index (χ0n) is 18.1. The minimum Gasteiger partial charge on any atom is -0.482 e. The summed E-state index contributed by atoms with van der Waals surface area (Å²) in [4.78, 5) is 22.9. The fraction of sp³-hybridized carbons (Fsp3) is 0.292. The van der Waals surface area contributed by atoms with Gasteiger partial charge in [0.25, 0.3) is 0 Å². The molecule has 0 bridgehead atoms. The van der Waals surface area contributed by atoms with Crippen molar-refractivity contribution in [1.82, 2.24) is 4.98 Å². The van der Waals surface area contributed by atoms with Crippen LogP contribution in [0.5, 0.6) is 5.75 Å². The van der Waals surface area contributed by atoms with Gasteiger partial charge < -0.3 is 20.7 Å². The number of ether oxygens (including phenoxy) is 1. The van der Waals surface area contributed by atoms with Gasteiger partial charge >= 0.3 is 0 Å². The molecule has 0 unspecified atom stereocenters. The van der Waals surface area contributed by atoms with Crippen molar-refractivity contribution in [3.05, 3.63) is 60.1 Å². The molecule has 1 aromatic carbocycles. The monoisotopic (exact) mass is 417 g/mol. The van der Waals surface area contributed by atoms with Crippen molar-refractivity contribution >= 4 is 34.8 Å². The Bertz CT molecular complexity index is 1100. The number of hydrogen-bond acceptors (Lipinski definition) is 6. The van der Waals surface area contributed by atoms with Gasteiger partial charge in [-0.3, -0.25) is 14.8 Å². The van der Waals surface area contributed by atoms with Gasteiger partial charge in [-0.25, -0.2) is 0 Å². The molecule has 4 rings (SSSR count). The second kappa shape index (κ2) is 8.26. The molecular formula is C24H27N5O2. The Morgan fingerprint density at radius 2 is 2.13 bits per heavy atom. The number of carbonyl (C=O) groups excluding carboxylic acids is 1. The van der Waals surface area contributed by atoms with Gasteiger partial charge in [-0.15, -0.1) is 0 Å². The molecular weight excluding hydrogens is 390 g/mol. The van der Waals surface area contributed by atoms with E-state index in [1.54, 1.807) is 12.4 Å². The quantitative estimate of drug-likeness (QED) is 0.716. The molecule has 3 N–H and O–H groups in total. The van der Waals surface area contributed by atoms with Crippen LogP contribution in [-0.2, 0) is 4.79 Å². The highest BCUT2D eigenvalue weighted by molar-refractivity contribution is 6.14. The zero-order chi connectivity index (χ0) is 22.0. The van der Waals surface area contributed by atoms with Crippen LogP contribution in [-0.4, -0.2) is 36.3 Å². The van der Waals surface area contributed by atoms with Crippen molar-refractivity contribution in [2.75, 3.05) is 23.8 Å². The second-order valence-corrected chi connectivity index (χ2v) is 8.07. The average molecular weight is 418 g/mol. The lowest BCUT2D eigenvalue weighted by Crippen LogP contribution is -2.34. The SMILES string of the molecule is CNc1cncc(N=CC2=C(/C=C/N)C(C)(C)Oc3cc(N4CCCC4=O)ccc32)c1. The van der Waals surface area contributed by atoms with Crippen molar-refractivity contribution in [2.24, 2.45) is 10.7 Å². The molecule has 0 saturated carbocycles. The molecule has 2 aromatic rings. The largest absolute Gasteiger partial charge is 0.482 e. The molecule has 0 aliphatic carbocycles. The third-order valence-electron chi connectivity index (χ3n) is 5.56. The van der Waals surface area contributed by atoms with Gasteiger partial charge in [-0.2, -0.15) is 0 Å². The van der Waals surface area contributed by atoms with Crippen LogP contribution in [0.25, 0.3) is 5.57 Å². The van der Waals surface area contributed by atoms with Crippen LogP contribution in [0.3, 0.4) is 0 Å². The number of amides is 1. The van der Waals surface area contributed by atoms with Crippen LogP contribution >= 0.6 is 0 Å². The molecule has 160 valence electrons. The number of allylic oxidation sites excluding steroid dienone is 1. The van der Waals surface area contributed by atoms with Crippen LogP contribution in [0.15, 0.2) is 59.5 Å². The molecule has 1 saturated heterocycles. The molecule has 2 aliphatic heterocycles. The molecule has 1 fully saturated rings. The third kappa shape index (κ3) is 4.03. The summed E-state index contributed by atoms with van der Waals surface area (Å²) in [7, 11) is 1.84. The van der Waals surface area contributed by atoms with Gasteiger partial charge in [0.2, 0.25) is 5.91 Å². The van der Waals surface area contributed by atoms with E-state index < -0.39 is 5.60 Å². The first-order chi connectivity index (χ1) is 14.9. The van der Waals surface area contributed by atoms with Crippen molar-refractivity contribution in [3.63, 3.8) is 0 Å². The van der Waals surface area contributed by atoms with E-state index in [1.807, 2.05) is 62.4 Å². The van der Waals surface area contributed by atoms with E-state index >= 15 is 0 Å². The number of nitrogens with one attached hydrogen (secondary N) is 1. The maximum atomic E-state index is 12.2. The minimum atomic E-state index is -0.622. The van der Waals surface area contributed by atoms with Crippen LogP contribution < -0.4 is 20.7 Å². The van der Waals surface area contributed by atoms with E-state index in [4.69, 9.17) is 10.5 Å². The number of pyridine rings is 1. The number of rotatable bonds is 5. The first-order valence-corrected chi connectivity index (χ1v) is 10.4. The number of fused-ring (bicyclic) bond motifs is 1. The number of nitrogens with two attached hydrogens (primary N) is 1. The van der Waals surface area contributed by atoms with E-state index in [2.05, 4.69) is 15.3 Å².